The zero-order valence-electron chi connectivity index (χ0n) is 15.1. The molecule has 1 aliphatic heterocycles. The lowest BCUT2D eigenvalue weighted by Crippen LogP contribution is -2.30. The monoisotopic (exact) mass is 366 g/mol. The molecule has 2 aromatic heterocycles. The lowest BCUT2D eigenvalue weighted by atomic mass is 10.1. The Morgan fingerprint density at radius 2 is 1.56 bits per heavy atom. The van der Waals surface area contributed by atoms with E-state index in [1.54, 1.807) is 17.4 Å². The highest BCUT2D eigenvalue weighted by Gasteiger charge is 2.19. The predicted octanol–water partition coefficient (Wildman–Crippen LogP) is 3.10. The third-order valence-electron chi connectivity index (χ3n) is 4.77. The van der Waals surface area contributed by atoms with Gasteiger partial charge in [-0.1, -0.05) is 12.1 Å². The zero-order valence-corrected chi connectivity index (χ0v) is 15.1. The Morgan fingerprint density at radius 3 is 2.07 bits per heavy atom. The molecule has 0 radical (unpaired) electrons. The number of benzene rings is 1. The van der Waals surface area contributed by atoms with Crippen molar-refractivity contribution in [2.24, 2.45) is 0 Å². The van der Waals surface area contributed by atoms with Gasteiger partial charge in [0.1, 0.15) is 12.5 Å². The number of likely N-dealkylation sites (tertiary alicyclic amines) is 1. The van der Waals surface area contributed by atoms with Crippen LogP contribution in [-0.4, -0.2) is 38.8 Å². The van der Waals surface area contributed by atoms with Crippen LogP contribution in [0.4, 0.5) is 0 Å². The van der Waals surface area contributed by atoms with Crippen molar-refractivity contribution in [2.75, 3.05) is 13.1 Å². The quantitative estimate of drug-likeness (QED) is 0.640. The highest BCUT2D eigenvalue weighted by molar-refractivity contribution is 5.94. The van der Waals surface area contributed by atoms with E-state index in [2.05, 4.69) is 14.9 Å². The van der Waals surface area contributed by atoms with Gasteiger partial charge in [-0.25, -0.2) is 9.97 Å². The zero-order chi connectivity index (χ0) is 18.5. The van der Waals surface area contributed by atoms with Crippen LogP contribution >= 0.6 is 0 Å². The predicted molar refractivity (Wildman–Crippen MR) is 97.5 cm³/mol. The van der Waals surface area contributed by atoms with E-state index in [4.69, 9.17) is 8.83 Å². The topological polar surface area (TPSA) is 75.6 Å². The van der Waals surface area contributed by atoms with E-state index in [9.17, 15) is 4.79 Å². The maximum Gasteiger partial charge on any atom is 0.254 e. The fourth-order valence-corrected chi connectivity index (χ4v) is 3.36. The summed E-state index contributed by atoms with van der Waals surface area (Å²) in [6.07, 6.45) is 8.36. The molecule has 7 heteroatoms. The van der Waals surface area contributed by atoms with Crippen molar-refractivity contribution in [3.8, 4) is 0 Å². The molecule has 1 saturated heterocycles. The molecule has 1 aromatic carbocycles. The lowest BCUT2D eigenvalue weighted by molar-refractivity contribution is 0.0725. The minimum atomic E-state index is -0.0753. The number of rotatable bonds is 7. The second-order valence-corrected chi connectivity index (χ2v) is 6.80. The Kier molecular flexibility index (Phi) is 5.29. The Bertz CT molecular complexity index is 802. The first-order valence-electron chi connectivity index (χ1n) is 9.12. The van der Waals surface area contributed by atoms with Crippen molar-refractivity contribution >= 4 is 5.91 Å². The molecular formula is C20H22N4O3. The molecule has 0 N–H and O–H groups in total. The molecule has 3 aromatic rings. The first-order chi connectivity index (χ1) is 13.3. The number of oxazole rings is 2. The third-order valence-corrected chi connectivity index (χ3v) is 4.77. The Labute approximate surface area is 157 Å². The Hall–Kier alpha value is -2.93. The second-order valence-electron chi connectivity index (χ2n) is 6.80. The average molecular weight is 366 g/mol. The van der Waals surface area contributed by atoms with Gasteiger partial charge < -0.3 is 13.7 Å². The van der Waals surface area contributed by atoms with E-state index < -0.39 is 0 Å². The number of amides is 1. The normalized spacial score (nSPS) is 14.5. The summed E-state index contributed by atoms with van der Waals surface area (Å²) in [4.78, 5) is 25.4. The maximum atomic E-state index is 13.1. The highest BCUT2D eigenvalue weighted by Crippen LogP contribution is 2.16. The molecule has 4 rings (SSSR count). The molecular weight excluding hydrogens is 344 g/mol. The van der Waals surface area contributed by atoms with E-state index in [1.807, 2.05) is 24.3 Å². The summed E-state index contributed by atoms with van der Waals surface area (Å²) in [5, 5.41) is 0. The molecule has 140 valence electrons. The molecule has 27 heavy (non-hydrogen) atoms. The summed E-state index contributed by atoms with van der Waals surface area (Å²) in [5.41, 5.74) is 3.26. The minimum Gasteiger partial charge on any atom is -0.451 e. The second kappa shape index (κ2) is 8.18. The van der Waals surface area contributed by atoms with Crippen molar-refractivity contribution in [2.45, 2.75) is 32.5 Å². The number of carbonyl (C=O) groups is 1. The van der Waals surface area contributed by atoms with Crippen LogP contribution in [0, 0.1) is 0 Å². The largest absolute Gasteiger partial charge is 0.451 e. The molecule has 3 heterocycles. The Morgan fingerprint density at radius 1 is 0.963 bits per heavy atom. The van der Waals surface area contributed by atoms with E-state index in [-0.39, 0.29) is 5.91 Å². The third kappa shape index (κ3) is 4.43. The van der Waals surface area contributed by atoms with Crippen molar-refractivity contribution < 1.29 is 13.6 Å². The molecule has 1 amide bonds. The standard InChI is InChI=1S/C20H22N4O3/c25-20(17-5-3-16(4-6-17)9-23-7-1-2-8-23)24(10-18-12-26-14-21-18)11-19-13-27-15-22-19/h3-6,12-15H,1-2,7-11H2. The SMILES string of the molecule is O=C(c1ccc(CN2CCCC2)cc1)N(Cc1cocn1)Cc1cocn1. The highest BCUT2D eigenvalue weighted by atomic mass is 16.3. The van der Waals surface area contributed by atoms with Gasteiger partial charge in [0.25, 0.3) is 5.91 Å². The van der Waals surface area contributed by atoms with Gasteiger partial charge in [-0.2, -0.15) is 0 Å². The maximum absolute atomic E-state index is 13.1. The molecule has 0 atom stereocenters. The van der Waals surface area contributed by atoms with Crippen LogP contribution in [-0.2, 0) is 19.6 Å². The summed E-state index contributed by atoms with van der Waals surface area (Å²) in [6.45, 7) is 3.94. The van der Waals surface area contributed by atoms with Crippen LogP contribution < -0.4 is 0 Å². The first-order valence-corrected chi connectivity index (χ1v) is 9.12. The van der Waals surface area contributed by atoms with E-state index in [0.717, 1.165) is 19.6 Å². The van der Waals surface area contributed by atoms with Gasteiger partial charge in [0, 0.05) is 12.1 Å². The summed E-state index contributed by atoms with van der Waals surface area (Å²) >= 11 is 0. The molecule has 0 bridgehead atoms. The number of hydrogen-bond donors (Lipinski definition) is 0. The van der Waals surface area contributed by atoms with Crippen LogP contribution in [0.15, 0.2) is 58.4 Å². The van der Waals surface area contributed by atoms with Crippen LogP contribution in [0.5, 0.6) is 0 Å². The van der Waals surface area contributed by atoms with Gasteiger partial charge in [-0.3, -0.25) is 9.69 Å². The molecule has 1 aliphatic rings. The van der Waals surface area contributed by atoms with Gasteiger partial charge in [-0.15, -0.1) is 0 Å². The van der Waals surface area contributed by atoms with Crippen molar-refractivity contribution in [3.63, 3.8) is 0 Å². The summed E-state index contributed by atoms with van der Waals surface area (Å²) in [5.74, 6) is -0.0753. The van der Waals surface area contributed by atoms with E-state index in [0.29, 0.717) is 30.0 Å². The van der Waals surface area contributed by atoms with Crippen LogP contribution in [0.2, 0.25) is 0 Å². The summed E-state index contributed by atoms with van der Waals surface area (Å²) in [7, 11) is 0. The fourth-order valence-electron chi connectivity index (χ4n) is 3.36. The molecule has 0 saturated carbocycles. The number of aromatic nitrogens is 2. The van der Waals surface area contributed by atoms with Gasteiger partial charge in [-0.05, 0) is 43.6 Å². The van der Waals surface area contributed by atoms with Crippen LogP contribution in [0.1, 0.15) is 40.2 Å². The smallest absolute Gasteiger partial charge is 0.254 e. The average Bonchev–Trinajstić information content (AvgIpc) is 3.45. The number of nitrogens with zero attached hydrogens (tertiary/aromatic N) is 4. The molecule has 7 nitrogen and oxygen atoms in total. The fraction of sp³-hybridized carbons (Fsp3) is 0.350. The first kappa shape index (κ1) is 17.5. The minimum absolute atomic E-state index is 0.0753. The number of hydrogen-bond acceptors (Lipinski definition) is 6. The van der Waals surface area contributed by atoms with Gasteiger partial charge in [0.05, 0.1) is 24.5 Å². The molecule has 1 fully saturated rings. The lowest BCUT2D eigenvalue weighted by Gasteiger charge is -2.21. The van der Waals surface area contributed by atoms with Crippen LogP contribution in [0.25, 0.3) is 0 Å². The molecule has 0 unspecified atom stereocenters. The molecule has 0 aliphatic carbocycles. The van der Waals surface area contributed by atoms with Crippen molar-refractivity contribution in [1.29, 1.82) is 0 Å². The number of carbonyl (C=O) groups excluding carboxylic acids is 1. The van der Waals surface area contributed by atoms with Crippen LogP contribution in [0.3, 0.4) is 0 Å². The van der Waals surface area contributed by atoms with Gasteiger partial charge in [0.2, 0.25) is 0 Å². The van der Waals surface area contributed by atoms with Gasteiger partial charge in [0.15, 0.2) is 12.8 Å². The Balaban J connectivity index is 1.47. The van der Waals surface area contributed by atoms with E-state index in [1.165, 1.54) is 31.2 Å². The molecule has 0 spiro atoms. The van der Waals surface area contributed by atoms with Crippen molar-refractivity contribution in [3.05, 3.63) is 72.1 Å². The van der Waals surface area contributed by atoms with Gasteiger partial charge >= 0.3 is 0 Å². The summed E-state index contributed by atoms with van der Waals surface area (Å²) < 4.78 is 10.1. The summed E-state index contributed by atoms with van der Waals surface area (Å²) in [6, 6.07) is 7.87. The van der Waals surface area contributed by atoms with E-state index >= 15 is 0 Å². The van der Waals surface area contributed by atoms with Crippen molar-refractivity contribution in [1.82, 2.24) is 19.8 Å².